The standard InChI is InChI=1S/C19H24N2O3/c1-14-3-5-15(6-4-14)17-7-8-18(24-17)19(22)20-10-9-16-13-21(2)11-12-23-16/h3-8,16H,9-13H2,1-2H3,(H,20,22)/t16-/m1/s1. The molecule has 5 nitrogen and oxygen atoms in total. The highest BCUT2D eigenvalue weighted by atomic mass is 16.5. The Morgan fingerprint density at radius 1 is 1.25 bits per heavy atom. The van der Waals surface area contributed by atoms with Gasteiger partial charge in [-0.25, -0.2) is 0 Å². The van der Waals surface area contributed by atoms with Crippen molar-refractivity contribution in [3.63, 3.8) is 0 Å². The quantitative estimate of drug-likeness (QED) is 0.917. The second kappa shape index (κ2) is 7.64. The molecule has 2 aromatic rings. The Labute approximate surface area is 142 Å². The fourth-order valence-corrected chi connectivity index (χ4v) is 2.81. The third-order valence-electron chi connectivity index (χ3n) is 4.26. The number of morpholine rings is 1. The van der Waals surface area contributed by atoms with Gasteiger partial charge in [-0.15, -0.1) is 0 Å². The maximum atomic E-state index is 12.2. The summed E-state index contributed by atoms with van der Waals surface area (Å²) in [5.41, 5.74) is 2.16. The second-order valence-corrected chi connectivity index (χ2v) is 6.33. The van der Waals surface area contributed by atoms with E-state index in [0.717, 1.165) is 31.7 Å². The molecule has 1 amide bonds. The Hall–Kier alpha value is -2.11. The van der Waals surface area contributed by atoms with Gasteiger partial charge in [-0.05, 0) is 32.5 Å². The summed E-state index contributed by atoms with van der Waals surface area (Å²) in [7, 11) is 2.09. The van der Waals surface area contributed by atoms with E-state index >= 15 is 0 Å². The van der Waals surface area contributed by atoms with E-state index in [4.69, 9.17) is 9.15 Å². The van der Waals surface area contributed by atoms with Crippen LogP contribution >= 0.6 is 0 Å². The fourth-order valence-electron chi connectivity index (χ4n) is 2.81. The zero-order valence-electron chi connectivity index (χ0n) is 14.2. The lowest BCUT2D eigenvalue weighted by Crippen LogP contribution is -2.41. The van der Waals surface area contributed by atoms with E-state index in [9.17, 15) is 4.79 Å². The minimum atomic E-state index is -0.183. The molecule has 3 rings (SSSR count). The third-order valence-corrected chi connectivity index (χ3v) is 4.26. The maximum absolute atomic E-state index is 12.2. The number of hydrogen-bond donors (Lipinski definition) is 1. The van der Waals surface area contributed by atoms with Gasteiger partial charge in [0.05, 0.1) is 12.7 Å². The first-order valence-corrected chi connectivity index (χ1v) is 8.37. The average molecular weight is 328 g/mol. The van der Waals surface area contributed by atoms with E-state index in [0.29, 0.717) is 18.1 Å². The second-order valence-electron chi connectivity index (χ2n) is 6.33. The molecular weight excluding hydrogens is 304 g/mol. The van der Waals surface area contributed by atoms with E-state index in [1.54, 1.807) is 6.07 Å². The molecule has 1 aliphatic heterocycles. The molecule has 128 valence electrons. The van der Waals surface area contributed by atoms with Crippen molar-refractivity contribution in [2.75, 3.05) is 33.3 Å². The molecule has 1 aromatic carbocycles. The van der Waals surface area contributed by atoms with Gasteiger partial charge in [0.25, 0.3) is 5.91 Å². The summed E-state index contributed by atoms with van der Waals surface area (Å²) >= 11 is 0. The summed E-state index contributed by atoms with van der Waals surface area (Å²) in [5.74, 6) is 0.863. The van der Waals surface area contributed by atoms with Crippen LogP contribution in [0.15, 0.2) is 40.8 Å². The Bertz CT molecular complexity index is 678. The van der Waals surface area contributed by atoms with Crippen molar-refractivity contribution < 1.29 is 13.9 Å². The first-order valence-electron chi connectivity index (χ1n) is 8.37. The van der Waals surface area contributed by atoms with Crippen molar-refractivity contribution in [2.45, 2.75) is 19.4 Å². The molecule has 0 aliphatic carbocycles. The van der Waals surface area contributed by atoms with Crippen molar-refractivity contribution in [3.05, 3.63) is 47.7 Å². The molecule has 5 heteroatoms. The molecule has 24 heavy (non-hydrogen) atoms. The first kappa shape index (κ1) is 16.7. The monoisotopic (exact) mass is 328 g/mol. The topological polar surface area (TPSA) is 54.7 Å². The van der Waals surface area contributed by atoms with Gasteiger partial charge >= 0.3 is 0 Å². The van der Waals surface area contributed by atoms with Crippen LogP contribution in [0.5, 0.6) is 0 Å². The summed E-state index contributed by atoms with van der Waals surface area (Å²) in [4.78, 5) is 14.4. The Morgan fingerprint density at radius 3 is 2.79 bits per heavy atom. The molecule has 0 saturated carbocycles. The molecule has 1 N–H and O–H groups in total. The summed E-state index contributed by atoms with van der Waals surface area (Å²) < 4.78 is 11.4. The van der Waals surface area contributed by atoms with Gasteiger partial charge in [-0.2, -0.15) is 0 Å². The molecule has 0 radical (unpaired) electrons. The molecule has 0 unspecified atom stereocenters. The minimum Gasteiger partial charge on any atom is -0.451 e. The van der Waals surface area contributed by atoms with Gasteiger partial charge in [-0.3, -0.25) is 4.79 Å². The van der Waals surface area contributed by atoms with Gasteiger partial charge in [0.2, 0.25) is 0 Å². The largest absolute Gasteiger partial charge is 0.451 e. The highest BCUT2D eigenvalue weighted by Gasteiger charge is 2.18. The number of amides is 1. The van der Waals surface area contributed by atoms with E-state index in [1.165, 1.54) is 5.56 Å². The van der Waals surface area contributed by atoms with Crippen LogP contribution in [0.25, 0.3) is 11.3 Å². The summed E-state index contributed by atoms with van der Waals surface area (Å²) in [5, 5.41) is 2.90. The third kappa shape index (κ3) is 4.24. The number of nitrogens with one attached hydrogen (secondary N) is 1. The lowest BCUT2D eigenvalue weighted by molar-refractivity contribution is -0.0226. The van der Waals surface area contributed by atoms with Crippen molar-refractivity contribution in [1.29, 1.82) is 0 Å². The van der Waals surface area contributed by atoms with E-state index in [1.807, 2.05) is 37.3 Å². The zero-order valence-corrected chi connectivity index (χ0v) is 14.2. The van der Waals surface area contributed by atoms with Crippen LogP contribution in [0.4, 0.5) is 0 Å². The molecule has 0 spiro atoms. The van der Waals surface area contributed by atoms with Crippen LogP contribution in [0.2, 0.25) is 0 Å². The first-order chi connectivity index (χ1) is 11.6. The minimum absolute atomic E-state index is 0.183. The molecule has 1 fully saturated rings. The van der Waals surface area contributed by atoms with Crippen LogP contribution in [0.1, 0.15) is 22.5 Å². The predicted molar refractivity (Wildman–Crippen MR) is 93.1 cm³/mol. The summed E-state index contributed by atoms with van der Waals surface area (Å²) in [6.45, 7) is 5.26. The number of carbonyl (C=O) groups is 1. The number of rotatable bonds is 5. The molecule has 2 heterocycles. The molecule has 1 aromatic heterocycles. The number of benzene rings is 1. The van der Waals surface area contributed by atoms with Crippen molar-refractivity contribution >= 4 is 5.91 Å². The number of aryl methyl sites for hydroxylation is 1. The molecule has 1 saturated heterocycles. The van der Waals surface area contributed by atoms with E-state index < -0.39 is 0 Å². The average Bonchev–Trinajstić information content (AvgIpc) is 3.05. The maximum Gasteiger partial charge on any atom is 0.287 e. The number of hydrogen-bond acceptors (Lipinski definition) is 4. The van der Waals surface area contributed by atoms with Crippen molar-refractivity contribution in [2.24, 2.45) is 0 Å². The molecule has 1 atom stereocenters. The lowest BCUT2D eigenvalue weighted by atomic mass is 10.1. The Balaban J connectivity index is 1.51. The SMILES string of the molecule is Cc1ccc(-c2ccc(C(=O)NCC[C@@H]3CN(C)CCO3)o2)cc1. The number of ether oxygens (including phenoxy) is 1. The normalized spacial score (nSPS) is 18.5. The lowest BCUT2D eigenvalue weighted by Gasteiger charge is -2.30. The van der Waals surface area contributed by atoms with Gasteiger partial charge in [0, 0.05) is 25.2 Å². The van der Waals surface area contributed by atoms with Crippen molar-refractivity contribution in [1.82, 2.24) is 10.2 Å². The Kier molecular flexibility index (Phi) is 5.33. The van der Waals surface area contributed by atoms with E-state index in [-0.39, 0.29) is 12.0 Å². The summed E-state index contributed by atoms with van der Waals surface area (Å²) in [6, 6.07) is 11.6. The number of carbonyl (C=O) groups excluding carboxylic acids is 1. The zero-order chi connectivity index (χ0) is 16.9. The highest BCUT2D eigenvalue weighted by molar-refractivity contribution is 5.92. The van der Waals surface area contributed by atoms with Gasteiger partial charge < -0.3 is 19.4 Å². The number of furan rings is 1. The van der Waals surface area contributed by atoms with E-state index in [2.05, 4.69) is 17.3 Å². The molecular formula is C19H24N2O3. The fraction of sp³-hybridized carbons (Fsp3) is 0.421. The highest BCUT2D eigenvalue weighted by Crippen LogP contribution is 2.22. The smallest absolute Gasteiger partial charge is 0.287 e. The van der Waals surface area contributed by atoms with Gasteiger partial charge in [0.15, 0.2) is 5.76 Å². The van der Waals surface area contributed by atoms with Crippen LogP contribution < -0.4 is 5.32 Å². The molecule has 0 bridgehead atoms. The van der Waals surface area contributed by atoms with Gasteiger partial charge in [-0.1, -0.05) is 29.8 Å². The van der Waals surface area contributed by atoms with Crippen molar-refractivity contribution in [3.8, 4) is 11.3 Å². The van der Waals surface area contributed by atoms with Crippen LogP contribution in [-0.2, 0) is 4.74 Å². The predicted octanol–water partition coefficient (Wildman–Crippen LogP) is 2.71. The number of nitrogens with zero attached hydrogens (tertiary/aromatic N) is 1. The Morgan fingerprint density at radius 2 is 2.04 bits per heavy atom. The molecule has 1 aliphatic rings. The van der Waals surface area contributed by atoms with Crippen LogP contribution in [0, 0.1) is 6.92 Å². The van der Waals surface area contributed by atoms with Crippen LogP contribution in [0.3, 0.4) is 0 Å². The number of likely N-dealkylation sites (N-methyl/N-ethyl adjacent to an activating group) is 1. The van der Waals surface area contributed by atoms with Crippen LogP contribution in [-0.4, -0.2) is 50.2 Å². The summed E-state index contributed by atoms with van der Waals surface area (Å²) in [6.07, 6.45) is 0.991. The van der Waals surface area contributed by atoms with Gasteiger partial charge in [0.1, 0.15) is 5.76 Å².